The molecule has 1 heterocycles. The van der Waals surface area contributed by atoms with Crippen LogP contribution in [0.1, 0.15) is 30.1 Å². The van der Waals surface area contributed by atoms with Gasteiger partial charge in [-0.1, -0.05) is 48.5 Å². The van der Waals surface area contributed by atoms with Crippen molar-refractivity contribution in [3.8, 4) is 5.75 Å². The fourth-order valence-electron chi connectivity index (χ4n) is 2.87. The van der Waals surface area contributed by atoms with E-state index in [4.69, 9.17) is 14.2 Å². The predicted octanol–water partition coefficient (Wildman–Crippen LogP) is 3.49. The van der Waals surface area contributed by atoms with Crippen LogP contribution in [0.5, 0.6) is 5.75 Å². The zero-order chi connectivity index (χ0) is 16.6. The Bertz CT molecular complexity index is 608. The molecule has 3 rings (SSSR count). The van der Waals surface area contributed by atoms with E-state index in [1.165, 1.54) is 0 Å². The van der Waals surface area contributed by atoms with E-state index in [1.807, 2.05) is 54.6 Å². The van der Waals surface area contributed by atoms with Crippen LogP contribution >= 0.6 is 0 Å². The highest BCUT2D eigenvalue weighted by Gasteiger charge is 2.22. The Hall–Kier alpha value is -1.88. The lowest BCUT2D eigenvalue weighted by atomic mass is 10.1. The van der Waals surface area contributed by atoms with Crippen LogP contribution in [0.2, 0.25) is 0 Å². The second-order valence-corrected chi connectivity index (χ2v) is 5.93. The van der Waals surface area contributed by atoms with Crippen molar-refractivity contribution in [3.63, 3.8) is 0 Å². The maximum atomic E-state index is 9.81. The lowest BCUT2D eigenvalue weighted by Gasteiger charge is -2.28. The highest BCUT2D eigenvalue weighted by molar-refractivity contribution is 5.35. The SMILES string of the molecule is OC[C@H](OC1CCOCC1)c1ccccc1OCc1ccccc1. The van der Waals surface area contributed by atoms with Crippen molar-refractivity contribution < 1.29 is 19.3 Å². The molecule has 0 unspecified atom stereocenters. The fourth-order valence-corrected chi connectivity index (χ4v) is 2.87. The minimum Gasteiger partial charge on any atom is -0.489 e. The number of aliphatic hydroxyl groups excluding tert-OH is 1. The summed E-state index contributed by atoms with van der Waals surface area (Å²) < 4.78 is 17.5. The third-order valence-corrected chi connectivity index (χ3v) is 4.19. The van der Waals surface area contributed by atoms with E-state index in [2.05, 4.69) is 0 Å². The van der Waals surface area contributed by atoms with Gasteiger partial charge < -0.3 is 19.3 Å². The fraction of sp³-hybridized carbons (Fsp3) is 0.400. The largest absolute Gasteiger partial charge is 0.489 e. The number of hydrogen-bond donors (Lipinski definition) is 1. The number of hydrogen-bond acceptors (Lipinski definition) is 4. The molecule has 1 aliphatic rings. The van der Waals surface area contributed by atoms with Gasteiger partial charge in [0, 0.05) is 18.8 Å². The molecular formula is C20H24O4. The molecule has 24 heavy (non-hydrogen) atoms. The number of para-hydroxylation sites is 1. The Morgan fingerprint density at radius 3 is 2.46 bits per heavy atom. The minimum absolute atomic E-state index is 0.0664. The molecule has 1 aliphatic heterocycles. The van der Waals surface area contributed by atoms with Gasteiger partial charge >= 0.3 is 0 Å². The van der Waals surface area contributed by atoms with Crippen LogP contribution in [-0.4, -0.2) is 31.0 Å². The average molecular weight is 328 g/mol. The van der Waals surface area contributed by atoms with E-state index in [9.17, 15) is 5.11 Å². The second-order valence-electron chi connectivity index (χ2n) is 5.93. The molecule has 0 amide bonds. The normalized spacial score (nSPS) is 16.7. The summed E-state index contributed by atoms with van der Waals surface area (Å²) in [6, 6.07) is 17.8. The molecule has 0 aliphatic carbocycles. The van der Waals surface area contributed by atoms with Crippen LogP contribution in [0.25, 0.3) is 0 Å². The molecule has 4 heteroatoms. The standard InChI is InChI=1S/C20H24O4/c21-14-20(24-17-10-12-22-13-11-17)18-8-4-5-9-19(18)23-15-16-6-2-1-3-7-16/h1-9,17,20-21H,10-15H2/t20-/m0/s1. The van der Waals surface area contributed by atoms with Gasteiger partial charge in [0.15, 0.2) is 0 Å². The van der Waals surface area contributed by atoms with Crippen molar-refractivity contribution in [3.05, 3.63) is 65.7 Å². The number of benzene rings is 2. The van der Waals surface area contributed by atoms with Gasteiger partial charge in [-0.15, -0.1) is 0 Å². The lowest BCUT2D eigenvalue weighted by molar-refractivity contribution is -0.0855. The van der Waals surface area contributed by atoms with Crippen LogP contribution in [0.15, 0.2) is 54.6 Å². The van der Waals surface area contributed by atoms with Gasteiger partial charge in [-0.2, -0.15) is 0 Å². The van der Waals surface area contributed by atoms with Gasteiger partial charge in [-0.3, -0.25) is 0 Å². The quantitative estimate of drug-likeness (QED) is 0.845. The van der Waals surface area contributed by atoms with Crippen molar-refractivity contribution in [1.29, 1.82) is 0 Å². The van der Waals surface area contributed by atoms with E-state index < -0.39 is 0 Å². The molecule has 4 nitrogen and oxygen atoms in total. The Morgan fingerprint density at radius 1 is 1.00 bits per heavy atom. The molecule has 0 bridgehead atoms. The molecule has 0 radical (unpaired) electrons. The Kier molecular flexibility index (Phi) is 6.24. The predicted molar refractivity (Wildman–Crippen MR) is 92.0 cm³/mol. The first-order valence-corrected chi connectivity index (χ1v) is 8.46. The Balaban J connectivity index is 1.69. The Labute approximate surface area is 143 Å². The maximum Gasteiger partial charge on any atom is 0.125 e. The molecule has 1 saturated heterocycles. The van der Waals surface area contributed by atoms with Gasteiger partial charge in [0.25, 0.3) is 0 Å². The van der Waals surface area contributed by atoms with Crippen LogP contribution in [0.3, 0.4) is 0 Å². The summed E-state index contributed by atoms with van der Waals surface area (Å²) in [5.74, 6) is 0.757. The van der Waals surface area contributed by atoms with Crippen molar-refractivity contribution in [2.45, 2.75) is 31.7 Å². The zero-order valence-electron chi connectivity index (χ0n) is 13.8. The molecule has 1 N–H and O–H groups in total. The summed E-state index contributed by atoms with van der Waals surface area (Å²) in [5.41, 5.74) is 2.00. The first-order chi connectivity index (χ1) is 11.9. The lowest BCUT2D eigenvalue weighted by Crippen LogP contribution is -2.26. The summed E-state index contributed by atoms with van der Waals surface area (Å²) in [7, 11) is 0. The van der Waals surface area contributed by atoms with Crippen LogP contribution in [0.4, 0.5) is 0 Å². The van der Waals surface area contributed by atoms with Crippen molar-refractivity contribution in [2.24, 2.45) is 0 Å². The topological polar surface area (TPSA) is 47.9 Å². The van der Waals surface area contributed by atoms with Crippen LogP contribution < -0.4 is 4.74 Å². The van der Waals surface area contributed by atoms with Crippen molar-refractivity contribution >= 4 is 0 Å². The number of rotatable bonds is 7. The van der Waals surface area contributed by atoms with E-state index in [0.29, 0.717) is 6.61 Å². The highest BCUT2D eigenvalue weighted by Crippen LogP contribution is 2.30. The third-order valence-electron chi connectivity index (χ3n) is 4.19. The summed E-state index contributed by atoms with van der Waals surface area (Å²) >= 11 is 0. The second kappa shape index (κ2) is 8.83. The number of ether oxygens (including phenoxy) is 3. The molecule has 0 saturated carbocycles. The summed E-state index contributed by atoms with van der Waals surface area (Å²) in [6.45, 7) is 1.86. The number of aliphatic hydroxyl groups is 1. The molecular weight excluding hydrogens is 304 g/mol. The van der Waals surface area contributed by atoms with Gasteiger partial charge in [0.1, 0.15) is 18.5 Å². The average Bonchev–Trinajstić information content (AvgIpc) is 2.66. The van der Waals surface area contributed by atoms with Crippen molar-refractivity contribution in [1.82, 2.24) is 0 Å². The van der Waals surface area contributed by atoms with Gasteiger partial charge in [-0.25, -0.2) is 0 Å². The molecule has 1 atom stereocenters. The summed E-state index contributed by atoms with van der Waals surface area (Å²) in [4.78, 5) is 0. The van der Waals surface area contributed by atoms with E-state index >= 15 is 0 Å². The molecule has 2 aromatic rings. The zero-order valence-corrected chi connectivity index (χ0v) is 13.8. The third kappa shape index (κ3) is 4.57. The first-order valence-electron chi connectivity index (χ1n) is 8.46. The molecule has 128 valence electrons. The molecule has 2 aromatic carbocycles. The van der Waals surface area contributed by atoms with E-state index in [1.54, 1.807) is 0 Å². The first kappa shape index (κ1) is 17.0. The van der Waals surface area contributed by atoms with Gasteiger partial charge in [0.2, 0.25) is 0 Å². The summed E-state index contributed by atoms with van der Waals surface area (Å²) in [6.07, 6.45) is 1.48. The van der Waals surface area contributed by atoms with Crippen LogP contribution in [-0.2, 0) is 16.1 Å². The highest BCUT2D eigenvalue weighted by atomic mass is 16.5. The summed E-state index contributed by atoms with van der Waals surface area (Å²) in [5, 5.41) is 9.81. The van der Waals surface area contributed by atoms with Gasteiger partial charge in [-0.05, 0) is 24.5 Å². The van der Waals surface area contributed by atoms with Crippen LogP contribution in [0, 0.1) is 0 Å². The van der Waals surface area contributed by atoms with Crippen molar-refractivity contribution in [2.75, 3.05) is 19.8 Å². The molecule has 0 aromatic heterocycles. The van der Waals surface area contributed by atoms with Gasteiger partial charge in [0.05, 0.1) is 12.7 Å². The smallest absolute Gasteiger partial charge is 0.125 e. The molecule has 0 spiro atoms. The monoisotopic (exact) mass is 328 g/mol. The van der Waals surface area contributed by atoms with E-state index in [-0.39, 0.29) is 18.8 Å². The minimum atomic E-state index is -0.375. The maximum absolute atomic E-state index is 9.81. The van der Waals surface area contributed by atoms with E-state index in [0.717, 1.165) is 42.9 Å². The Morgan fingerprint density at radius 2 is 1.71 bits per heavy atom. The molecule has 1 fully saturated rings.